The highest BCUT2D eigenvalue weighted by Gasteiger charge is 2.20. The van der Waals surface area contributed by atoms with Crippen molar-refractivity contribution in [3.8, 4) is 0 Å². The Kier molecular flexibility index (Phi) is 6.14. The van der Waals surface area contributed by atoms with Crippen LogP contribution in [-0.4, -0.2) is 48.5 Å². The van der Waals surface area contributed by atoms with E-state index in [9.17, 15) is 4.79 Å². The molecule has 2 heterocycles. The number of carbonyl (C=O) groups excluding carboxylic acids is 1. The van der Waals surface area contributed by atoms with Crippen LogP contribution in [0.3, 0.4) is 0 Å². The first-order valence-electron chi connectivity index (χ1n) is 7.29. The molecule has 2 aromatic rings. The Morgan fingerprint density at radius 3 is 2.86 bits per heavy atom. The average molecular weight is 341 g/mol. The summed E-state index contributed by atoms with van der Waals surface area (Å²) in [5.74, 6) is 0.00934. The second-order valence-electron chi connectivity index (χ2n) is 5.43. The molecular weight excluding hydrogens is 320 g/mol. The van der Waals surface area contributed by atoms with E-state index in [0.717, 1.165) is 36.1 Å². The zero-order valence-corrected chi connectivity index (χ0v) is 14.2. The number of carbonyl (C=O) groups is 1. The fraction of sp³-hybridized carbons (Fsp3) is 0.467. The van der Waals surface area contributed by atoms with Crippen molar-refractivity contribution in [2.24, 2.45) is 0 Å². The van der Waals surface area contributed by atoms with Crippen LogP contribution in [0.2, 0.25) is 0 Å². The molecular formula is C15H21ClN4OS. The van der Waals surface area contributed by atoms with Crippen LogP contribution in [0.25, 0.3) is 10.2 Å². The number of rotatable bonds is 4. The van der Waals surface area contributed by atoms with Crippen molar-refractivity contribution in [1.82, 2.24) is 15.2 Å². The number of hydrogen-bond acceptors (Lipinski definition) is 5. The summed E-state index contributed by atoms with van der Waals surface area (Å²) in [4.78, 5) is 18.7. The van der Waals surface area contributed by atoms with Gasteiger partial charge in [-0.25, -0.2) is 4.98 Å². The van der Waals surface area contributed by atoms with Crippen LogP contribution in [0.4, 0.5) is 5.13 Å². The van der Waals surface area contributed by atoms with Crippen molar-refractivity contribution in [2.75, 3.05) is 32.0 Å². The maximum atomic E-state index is 12.1. The molecule has 1 fully saturated rings. The Balaban J connectivity index is 0.00000176. The highest BCUT2D eigenvalue weighted by molar-refractivity contribution is 7.22. The fourth-order valence-corrected chi connectivity index (χ4v) is 3.57. The summed E-state index contributed by atoms with van der Waals surface area (Å²) in [5.41, 5.74) is 0.935. The molecule has 1 aromatic heterocycles. The molecule has 1 amide bonds. The van der Waals surface area contributed by atoms with Gasteiger partial charge in [-0.2, -0.15) is 0 Å². The van der Waals surface area contributed by atoms with Crippen molar-refractivity contribution >= 4 is 45.0 Å². The van der Waals surface area contributed by atoms with Crippen molar-refractivity contribution in [2.45, 2.75) is 18.9 Å². The van der Waals surface area contributed by atoms with Crippen LogP contribution in [0.5, 0.6) is 0 Å². The van der Waals surface area contributed by atoms with Gasteiger partial charge in [0.1, 0.15) is 0 Å². The maximum Gasteiger partial charge on any atom is 0.240 e. The van der Waals surface area contributed by atoms with Gasteiger partial charge in [-0.05, 0) is 45.1 Å². The van der Waals surface area contributed by atoms with Crippen molar-refractivity contribution in [1.29, 1.82) is 0 Å². The molecule has 1 saturated heterocycles. The Morgan fingerprint density at radius 2 is 2.14 bits per heavy atom. The summed E-state index contributed by atoms with van der Waals surface area (Å²) < 4.78 is 1.10. The van der Waals surface area contributed by atoms with E-state index in [1.165, 1.54) is 11.3 Å². The van der Waals surface area contributed by atoms with Gasteiger partial charge in [0, 0.05) is 6.04 Å². The lowest BCUT2D eigenvalue weighted by atomic mass is 10.1. The summed E-state index contributed by atoms with van der Waals surface area (Å²) >= 11 is 1.52. The summed E-state index contributed by atoms with van der Waals surface area (Å²) in [6.07, 6.45) is 2.20. The van der Waals surface area contributed by atoms with Crippen molar-refractivity contribution in [3.05, 3.63) is 24.3 Å². The molecule has 0 bridgehead atoms. The highest BCUT2D eigenvalue weighted by Crippen LogP contribution is 2.25. The third kappa shape index (κ3) is 4.16. The number of nitrogens with one attached hydrogen (secondary N) is 2. The number of hydrogen-bond donors (Lipinski definition) is 2. The third-order valence-corrected chi connectivity index (χ3v) is 4.82. The zero-order valence-electron chi connectivity index (χ0n) is 12.5. The number of benzene rings is 1. The molecule has 1 aliphatic rings. The van der Waals surface area contributed by atoms with Gasteiger partial charge in [0.2, 0.25) is 5.91 Å². The molecule has 2 N–H and O–H groups in total. The van der Waals surface area contributed by atoms with Gasteiger partial charge < -0.3 is 10.6 Å². The number of likely N-dealkylation sites (N-methyl/N-ethyl adjacent to an activating group) is 1. The number of piperidine rings is 1. The number of amides is 1. The minimum atomic E-state index is 0. The van der Waals surface area contributed by atoms with Crippen molar-refractivity contribution < 1.29 is 4.79 Å². The van der Waals surface area contributed by atoms with Gasteiger partial charge in [-0.15, -0.1) is 12.4 Å². The predicted octanol–water partition coefficient (Wildman–Crippen LogP) is 2.34. The average Bonchev–Trinajstić information content (AvgIpc) is 2.90. The van der Waals surface area contributed by atoms with Crippen LogP contribution in [0.15, 0.2) is 24.3 Å². The molecule has 0 spiro atoms. The van der Waals surface area contributed by atoms with E-state index < -0.39 is 0 Å². The monoisotopic (exact) mass is 340 g/mol. The first-order chi connectivity index (χ1) is 10.2. The van der Waals surface area contributed by atoms with E-state index in [2.05, 4.69) is 20.5 Å². The molecule has 3 rings (SSSR count). The Hall–Kier alpha value is -1.21. The number of thiazole rings is 1. The summed E-state index contributed by atoms with van der Waals surface area (Å²) in [6.45, 7) is 2.49. The zero-order chi connectivity index (χ0) is 14.7. The van der Waals surface area contributed by atoms with Crippen LogP contribution in [0, 0.1) is 0 Å². The van der Waals surface area contributed by atoms with Crippen LogP contribution in [0.1, 0.15) is 12.8 Å². The largest absolute Gasteiger partial charge is 0.317 e. The molecule has 1 aromatic carbocycles. The highest BCUT2D eigenvalue weighted by atomic mass is 35.5. The lowest BCUT2D eigenvalue weighted by molar-refractivity contribution is -0.117. The van der Waals surface area contributed by atoms with E-state index in [-0.39, 0.29) is 18.3 Å². The maximum absolute atomic E-state index is 12.1. The molecule has 1 aliphatic heterocycles. The molecule has 0 aliphatic carbocycles. The Morgan fingerprint density at radius 1 is 1.41 bits per heavy atom. The predicted molar refractivity (Wildman–Crippen MR) is 94.0 cm³/mol. The van der Waals surface area contributed by atoms with Gasteiger partial charge in [0.25, 0.3) is 0 Å². The van der Waals surface area contributed by atoms with E-state index in [4.69, 9.17) is 0 Å². The number of aromatic nitrogens is 1. The number of nitrogens with zero attached hydrogens (tertiary/aromatic N) is 2. The number of anilines is 1. The minimum absolute atomic E-state index is 0. The first kappa shape index (κ1) is 17.1. The second-order valence-corrected chi connectivity index (χ2v) is 6.46. The molecule has 0 saturated carbocycles. The summed E-state index contributed by atoms with van der Waals surface area (Å²) in [5, 5.41) is 6.94. The van der Waals surface area contributed by atoms with E-state index in [1.807, 2.05) is 31.3 Å². The fourth-order valence-electron chi connectivity index (χ4n) is 2.69. The summed E-state index contributed by atoms with van der Waals surface area (Å²) in [6, 6.07) is 8.41. The number of halogens is 1. The third-order valence-electron chi connectivity index (χ3n) is 3.87. The smallest absolute Gasteiger partial charge is 0.240 e. The van der Waals surface area contributed by atoms with Crippen LogP contribution >= 0.6 is 23.7 Å². The van der Waals surface area contributed by atoms with Gasteiger partial charge in [0.15, 0.2) is 5.13 Å². The summed E-state index contributed by atoms with van der Waals surface area (Å²) in [7, 11) is 2.02. The molecule has 120 valence electrons. The number of fused-ring (bicyclic) bond motifs is 1. The van der Waals surface area contributed by atoms with Crippen molar-refractivity contribution in [3.63, 3.8) is 0 Å². The molecule has 0 atom stereocenters. The standard InChI is InChI=1S/C15H20N4OS.ClH/c1-19(11-6-8-16-9-7-11)10-14(20)18-15-17-12-4-2-3-5-13(12)21-15;/h2-5,11,16H,6-10H2,1H3,(H,17,18,20);1H. The molecule has 5 nitrogen and oxygen atoms in total. The second kappa shape index (κ2) is 7.87. The SMILES string of the molecule is CN(CC(=O)Nc1nc2ccccc2s1)C1CCNCC1.Cl. The van der Waals surface area contributed by atoms with E-state index in [0.29, 0.717) is 17.7 Å². The molecule has 0 radical (unpaired) electrons. The molecule has 7 heteroatoms. The van der Waals surface area contributed by atoms with E-state index >= 15 is 0 Å². The lowest BCUT2D eigenvalue weighted by Crippen LogP contribution is -2.44. The normalized spacial score (nSPS) is 15.7. The van der Waals surface area contributed by atoms with Gasteiger partial charge in [0.05, 0.1) is 16.8 Å². The quantitative estimate of drug-likeness (QED) is 0.897. The lowest BCUT2D eigenvalue weighted by Gasteiger charge is -2.30. The van der Waals surface area contributed by atoms with Gasteiger partial charge in [-0.3, -0.25) is 9.69 Å². The topological polar surface area (TPSA) is 57.3 Å². The van der Waals surface area contributed by atoms with Crippen LogP contribution < -0.4 is 10.6 Å². The number of para-hydroxylation sites is 1. The Bertz CT molecular complexity index is 594. The van der Waals surface area contributed by atoms with Gasteiger partial charge >= 0.3 is 0 Å². The first-order valence-corrected chi connectivity index (χ1v) is 8.10. The minimum Gasteiger partial charge on any atom is -0.317 e. The molecule has 22 heavy (non-hydrogen) atoms. The Labute approximate surface area is 140 Å². The van der Waals surface area contributed by atoms with Gasteiger partial charge in [-0.1, -0.05) is 23.5 Å². The van der Waals surface area contributed by atoms with Crippen LogP contribution in [-0.2, 0) is 4.79 Å². The van der Waals surface area contributed by atoms with E-state index in [1.54, 1.807) is 0 Å². The molecule has 0 unspecified atom stereocenters.